The lowest BCUT2D eigenvalue weighted by atomic mass is 10.2. The van der Waals surface area contributed by atoms with E-state index < -0.39 is 105 Å². The Bertz CT molecular complexity index is 3150. The van der Waals surface area contributed by atoms with Gasteiger partial charge in [-0.3, -0.25) is 65.6 Å². The molecule has 0 spiro atoms. The number of rotatable bonds is 19. The van der Waals surface area contributed by atoms with Crippen molar-refractivity contribution in [3.05, 3.63) is 240 Å². The lowest BCUT2D eigenvalue weighted by Gasteiger charge is -2.04. The van der Waals surface area contributed by atoms with Gasteiger partial charge in [-0.1, -0.05) is 74.7 Å². The first-order chi connectivity index (χ1) is 39.9. The molecule has 0 aliphatic heterocycles. The number of carbonyl (C=O) groups is 7. The van der Waals surface area contributed by atoms with Crippen LogP contribution in [-0.2, 0) is 55.3 Å². The van der Waals surface area contributed by atoms with Crippen molar-refractivity contribution in [2.75, 3.05) is 0 Å². The number of unbranched alkanes of at least 4 members (excludes halogenated alkanes) is 3. The van der Waals surface area contributed by atoms with Crippen LogP contribution >= 0.6 is 0 Å². The smallest absolute Gasteiger partial charge is 0.265 e. The molecule has 0 aromatic heterocycles. The summed E-state index contributed by atoms with van der Waals surface area (Å²) in [5.41, 5.74) is -4.14. The summed E-state index contributed by atoms with van der Waals surface area (Å²) >= 11 is 0. The van der Waals surface area contributed by atoms with Crippen LogP contribution in [0.25, 0.3) is 0 Å². The largest absolute Gasteiger partial charge is 0.386 e. The van der Waals surface area contributed by atoms with Crippen molar-refractivity contribution in [3.8, 4) is 0 Å². The van der Waals surface area contributed by atoms with Gasteiger partial charge in [0.05, 0.1) is 75.9 Å². The molecule has 6 rings (SSSR count). The first-order valence-corrected chi connectivity index (χ1v) is 23.2. The molecule has 438 valence electrons. The van der Waals surface area contributed by atoms with Crippen LogP contribution in [-0.4, -0.2) is 71.3 Å². The molecule has 6 aromatic carbocycles. The van der Waals surface area contributed by atoms with Gasteiger partial charge in [0.2, 0.25) is 0 Å². The summed E-state index contributed by atoms with van der Waals surface area (Å²) in [7, 11) is 0. The molecule has 6 aromatic rings. The van der Waals surface area contributed by atoms with Crippen LogP contribution in [0.2, 0.25) is 0 Å². The number of hydrogen-bond acceptors (Lipinski definition) is 27. The molecule has 0 amide bonds. The van der Waals surface area contributed by atoms with E-state index in [1.807, 2.05) is 18.2 Å². The predicted molar refractivity (Wildman–Crippen MR) is 272 cm³/mol. The summed E-state index contributed by atoms with van der Waals surface area (Å²) in [4.78, 5) is 169. The second-order valence-electron chi connectivity index (χ2n) is 15.8. The van der Waals surface area contributed by atoms with E-state index in [2.05, 4.69) is 46.2 Å². The third-order valence-electron chi connectivity index (χ3n) is 9.90. The van der Waals surface area contributed by atoms with Crippen molar-refractivity contribution in [2.24, 2.45) is 0 Å². The normalized spacial score (nSPS) is 9.83. The first kappa shape index (κ1) is 66.2. The number of nitro groups is 6. The van der Waals surface area contributed by atoms with Gasteiger partial charge in [-0.25, -0.2) is 62.9 Å². The van der Waals surface area contributed by atoms with Crippen molar-refractivity contribution in [3.63, 3.8) is 0 Å². The highest BCUT2D eigenvalue weighted by Gasteiger charge is 2.26. The van der Waals surface area contributed by atoms with Gasteiger partial charge in [-0.15, -0.1) is 0 Å². The number of nitro benzene ring substituents is 6. The monoisotopic (exact) mass is 1170 g/mol. The molecule has 0 saturated heterocycles. The lowest BCUT2D eigenvalue weighted by molar-refractivity contribution is -0.399. The van der Waals surface area contributed by atoms with Gasteiger partial charge in [0.15, 0.2) is 0 Å². The summed E-state index contributed by atoms with van der Waals surface area (Å²) in [6.07, 6.45) is 4.18. The minimum atomic E-state index is -1.55. The fourth-order valence-electron chi connectivity index (χ4n) is 5.90. The van der Waals surface area contributed by atoms with E-state index >= 15 is 0 Å². The molecule has 0 heterocycles. The fourth-order valence-corrected chi connectivity index (χ4v) is 5.90. The Kier molecular flexibility index (Phi) is 26.8. The van der Waals surface area contributed by atoms with E-state index in [9.17, 15) is 98.8 Å². The molecule has 34 heteroatoms. The zero-order chi connectivity index (χ0) is 62.3. The van der Waals surface area contributed by atoms with Crippen molar-refractivity contribution in [1.29, 1.82) is 0 Å². The molecule has 0 N–H and O–H groups in total. The zero-order valence-electron chi connectivity index (χ0n) is 42.7. The van der Waals surface area contributed by atoms with E-state index in [1.54, 1.807) is 42.5 Å². The Morgan fingerprint density at radius 1 is 0.357 bits per heavy atom. The zero-order valence-corrected chi connectivity index (χ0v) is 42.7. The summed E-state index contributed by atoms with van der Waals surface area (Å²) in [6, 6.07) is 29.9. The second-order valence-corrected chi connectivity index (χ2v) is 15.8. The van der Waals surface area contributed by atoms with E-state index in [-0.39, 0.29) is 35.3 Å². The average Bonchev–Trinajstić information content (AvgIpc) is 3.67. The van der Waals surface area contributed by atoms with Gasteiger partial charge >= 0.3 is 41.8 Å². The van der Waals surface area contributed by atoms with Crippen molar-refractivity contribution in [2.45, 2.75) is 45.4 Å². The molecule has 0 aliphatic rings. The summed E-state index contributed by atoms with van der Waals surface area (Å²) in [5.74, 6) is -7.11. The van der Waals surface area contributed by atoms with Crippen LogP contribution in [0.1, 0.15) is 96.4 Å². The second kappa shape index (κ2) is 34.0. The van der Waals surface area contributed by atoms with Gasteiger partial charge in [0.1, 0.15) is 0 Å². The summed E-state index contributed by atoms with van der Waals surface area (Å²) < 4.78 is 10.9. The Balaban J connectivity index is 0.000000309. The van der Waals surface area contributed by atoms with Gasteiger partial charge in [-0.2, -0.15) is 0 Å². The number of carbonyl (C=O) groups excluding carboxylic acids is 7. The van der Waals surface area contributed by atoms with Crippen LogP contribution in [0, 0.1) is 60.7 Å². The summed E-state index contributed by atoms with van der Waals surface area (Å²) in [5, 5.41) is 67.0. The molecule has 84 heavy (non-hydrogen) atoms. The molecule has 0 saturated carbocycles. The maximum absolute atomic E-state index is 11.9. The van der Waals surface area contributed by atoms with Crippen molar-refractivity contribution < 1.29 is 107 Å². The van der Waals surface area contributed by atoms with Crippen LogP contribution in [0.15, 0.2) is 146 Å². The molecule has 33 nitrogen and oxygen atoms in total. The molecule has 0 unspecified atom stereocenters. The van der Waals surface area contributed by atoms with Gasteiger partial charge in [0.25, 0.3) is 34.1 Å². The van der Waals surface area contributed by atoms with Gasteiger partial charge in [0, 0.05) is 60.0 Å². The van der Waals surface area contributed by atoms with Crippen LogP contribution in [0.4, 0.5) is 38.7 Å². The minimum Gasteiger partial charge on any atom is -0.265 e. The summed E-state index contributed by atoms with van der Waals surface area (Å²) in [6.45, 7) is 2.07. The van der Waals surface area contributed by atoms with E-state index in [0.717, 1.165) is 79.8 Å². The highest BCUT2D eigenvalue weighted by atomic mass is 19.3. The highest BCUT2D eigenvalue weighted by molar-refractivity contribution is 5.94. The fraction of sp³-hybridized carbons (Fsp3) is 0.140. The number of halogens is 1. The van der Waals surface area contributed by atoms with Gasteiger partial charge < -0.3 is 0 Å². The number of benzene rings is 6. The molecule has 0 fully saturated rings. The number of nitrogens with zero attached hydrogens (tertiary/aromatic N) is 6. The van der Waals surface area contributed by atoms with E-state index in [1.165, 1.54) is 0 Å². The maximum atomic E-state index is 11.9. The van der Waals surface area contributed by atoms with Gasteiger partial charge in [-0.05, 0) is 52.9 Å². The quantitative estimate of drug-likeness (QED) is 0.0315. The molecule has 0 atom stereocenters. The third kappa shape index (κ3) is 23.1. The average molecular weight is 1170 g/mol. The van der Waals surface area contributed by atoms with E-state index in [0.29, 0.717) is 42.0 Å². The first-order valence-electron chi connectivity index (χ1n) is 23.2. The molecular formula is C50H39FN6O27. The van der Waals surface area contributed by atoms with Crippen LogP contribution in [0.3, 0.4) is 0 Å². The standard InChI is InChI=1S/C15H12O4.C14H6N4O12.C14H8N2O8.C7H13FO3/c16-14(11-12-7-3-1-4-8-12)18-19-15(17)13-9-5-2-6-10-13;19-13(7-1-9(15(21)22)5-10(2-7)16(23)24)29-30-14(20)8-3-11(17(25)26)6-12(4-8)18(27)28;17-13(9-1-5-11(6-2-9)15(19)20)23-24-14(18)10-3-7-12(8-4-10)16(21)22;1-2-3-4-5-6-7(9)10-11-8/h1-10H,11H2;1-6H;1-8H;2-6H2,1H3. The Morgan fingerprint density at radius 3 is 1.01 bits per heavy atom. The molecule has 0 bridgehead atoms. The van der Waals surface area contributed by atoms with Crippen LogP contribution < -0.4 is 0 Å². The van der Waals surface area contributed by atoms with Crippen molar-refractivity contribution in [1.82, 2.24) is 0 Å². The Morgan fingerprint density at radius 2 is 0.679 bits per heavy atom. The van der Waals surface area contributed by atoms with Crippen LogP contribution in [0.5, 0.6) is 0 Å². The SMILES string of the molecule is CCCCCCC(=O)OOF.O=C(Cc1ccccc1)OOC(=O)c1ccccc1.O=C(OOC(=O)c1cc([N+](=O)[O-])cc([N+](=O)[O-])c1)c1cc([N+](=O)[O-])cc([N+](=O)[O-])c1.O=C(OOC(=O)c1ccc([N+](=O)[O-])cc1)c1ccc([N+](=O)[O-])cc1. The van der Waals surface area contributed by atoms with Crippen molar-refractivity contribution >= 4 is 75.9 Å². The topological polar surface area (TPSA) is 452 Å². The van der Waals surface area contributed by atoms with E-state index in [4.69, 9.17) is 0 Å². The maximum Gasteiger partial charge on any atom is 0.386 e. The third-order valence-corrected chi connectivity index (χ3v) is 9.90. The Labute approximate surface area is 467 Å². The Hall–Kier alpha value is -12.1. The number of hydrogen-bond donors (Lipinski definition) is 0. The number of non-ortho nitro benzene ring substituents is 6. The molecule has 0 radical (unpaired) electrons. The highest BCUT2D eigenvalue weighted by Crippen LogP contribution is 2.26. The molecule has 0 aliphatic carbocycles. The predicted octanol–water partition coefficient (Wildman–Crippen LogP) is 9.54. The molecular weight excluding hydrogens is 1140 g/mol. The minimum absolute atomic E-state index is 0.0582. The lowest BCUT2D eigenvalue weighted by Crippen LogP contribution is -2.13.